The van der Waals surface area contributed by atoms with Crippen LogP contribution in [-0.4, -0.2) is 6.61 Å². The van der Waals surface area contributed by atoms with Gasteiger partial charge in [-0.05, 0) is 35.7 Å². The first kappa shape index (κ1) is 14.4. The van der Waals surface area contributed by atoms with Crippen molar-refractivity contribution in [3.8, 4) is 5.75 Å². The second-order valence-electron chi connectivity index (χ2n) is 4.35. The summed E-state index contributed by atoms with van der Waals surface area (Å²) in [5.41, 5.74) is 7.24. The number of ether oxygens (including phenoxy) is 1. The van der Waals surface area contributed by atoms with Gasteiger partial charge in [-0.3, -0.25) is 0 Å². The first-order valence-corrected chi connectivity index (χ1v) is 6.10. The van der Waals surface area contributed by atoms with Crippen molar-refractivity contribution in [3.05, 3.63) is 65.5 Å². The van der Waals surface area contributed by atoms with Crippen molar-refractivity contribution >= 4 is 0 Å². The van der Waals surface area contributed by atoms with Gasteiger partial charge in [0.1, 0.15) is 11.6 Å². The molecule has 2 rings (SSSR count). The van der Waals surface area contributed by atoms with Crippen molar-refractivity contribution in [2.45, 2.75) is 19.1 Å². The van der Waals surface area contributed by atoms with E-state index in [1.807, 2.05) is 0 Å². The first-order valence-electron chi connectivity index (χ1n) is 6.10. The lowest BCUT2D eigenvalue weighted by atomic mass is 9.99. The average Bonchev–Trinajstić information content (AvgIpc) is 2.41. The monoisotopic (exact) mass is 281 g/mol. The molecule has 0 heterocycles. The summed E-state index contributed by atoms with van der Waals surface area (Å²) in [4.78, 5) is 0. The standard InChI is InChI=1S/C15H14F3NO/c16-13-4-2-1-3-11(13)9-14(19)10-5-7-12(8-6-10)20-15(17)18/h1-8,14-15H,9,19H2. The Morgan fingerprint density at radius 3 is 2.25 bits per heavy atom. The van der Waals surface area contributed by atoms with E-state index in [1.54, 1.807) is 30.3 Å². The maximum absolute atomic E-state index is 13.5. The third-order valence-corrected chi connectivity index (χ3v) is 2.93. The fraction of sp³-hybridized carbons (Fsp3) is 0.200. The molecule has 0 bridgehead atoms. The molecule has 106 valence electrons. The van der Waals surface area contributed by atoms with Crippen LogP contribution in [0.3, 0.4) is 0 Å². The Morgan fingerprint density at radius 2 is 1.65 bits per heavy atom. The Morgan fingerprint density at radius 1 is 1.00 bits per heavy atom. The maximum Gasteiger partial charge on any atom is 0.387 e. The van der Waals surface area contributed by atoms with E-state index >= 15 is 0 Å². The van der Waals surface area contributed by atoms with Gasteiger partial charge < -0.3 is 10.5 Å². The normalized spacial score (nSPS) is 12.4. The van der Waals surface area contributed by atoms with Gasteiger partial charge in [-0.15, -0.1) is 0 Å². The van der Waals surface area contributed by atoms with Gasteiger partial charge in [0.25, 0.3) is 0 Å². The zero-order valence-corrected chi connectivity index (χ0v) is 10.6. The zero-order valence-electron chi connectivity index (χ0n) is 10.6. The molecule has 0 radical (unpaired) electrons. The van der Waals surface area contributed by atoms with E-state index in [9.17, 15) is 13.2 Å². The van der Waals surface area contributed by atoms with Gasteiger partial charge in [0.2, 0.25) is 0 Å². The fourth-order valence-corrected chi connectivity index (χ4v) is 1.92. The number of benzene rings is 2. The highest BCUT2D eigenvalue weighted by atomic mass is 19.3. The van der Waals surface area contributed by atoms with Gasteiger partial charge >= 0.3 is 6.61 Å². The van der Waals surface area contributed by atoms with E-state index in [0.29, 0.717) is 12.0 Å². The molecular formula is C15H14F3NO. The molecule has 0 aliphatic carbocycles. The van der Waals surface area contributed by atoms with Crippen LogP contribution in [0.4, 0.5) is 13.2 Å². The Labute approximate surface area is 115 Å². The molecule has 1 unspecified atom stereocenters. The van der Waals surface area contributed by atoms with Crippen molar-refractivity contribution in [1.82, 2.24) is 0 Å². The zero-order chi connectivity index (χ0) is 14.5. The molecule has 20 heavy (non-hydrogen) atoms. The molecule has 0 aliphatic rings. The minimum atomic E-state index is -2.85. The molecule has 2 N–H and O–H groups in total. The lowest BCUT2D eigenvalue weighted by Crippen LogP contribution is -2.14. The molecule has 0 aromatic heterocycles. The molecule has 0 fully saturated rings. The van der Waals surface area contributed by atoms with Gasteiger partial charge in [-0.25, -0.2) is 4.39 Å². The lowest BCUT2D eigenvalue weighted by Gasteiger charge is -2.13. The van der Waals surface area contributed by atoms with Crippen molar-refractivity contribution in [3.63, 3.8) is 0 Å². The summed E-state index contributed by atoms with van der Waals surface area (Å²) in [6, 6.07) is 12.0. The third-order valence-electron chi connectivity index (χ3n) is 2.93. The summed E-state index contributed by atoms with van der Waals surface area (Å²) in [5.74, 6) is -0.234. The molecule has 5 heteroatoms. The number of hydrogen-bond donors (Lipinski definition) is 1. The molecular weight excluding hydrogens is 267 g/mol. The van der Waals surface area contributed by atoms with E-state index in [1.165, 1.54) is 18.2 Å². The maximum atomic E-state index is 13.5. The van der Waals surface area contributed by atoms with Crippen molar-refractivity contribution in [2.75, 3.05) is 0 Å². The van der Waals surface area contributed by atoms with Crippen LogP contribution < -0.4 is 10.5 Å². The second kappa shape index (κ2) is 6.43. The quantitative estimate of drug-likeness (QED) is 0.907. The summed E-state index contributed by atoms with van der Waals surface area (Å²) in [6.45, 7) is -2.85. The minimum absolute atomic E-state index is 0.0711. The number of alkyl halides is 2. The van der Waals surface area contributed by atoms with Gasteiger partial charge in [0.15, 0.2) is 0 Å². The predicted octanol–water partition coefficient (Wildman–Crippen LogP) is 3.67. The SMILES string of the molecule is NC(Cc1ccccc1F)c1ccc(OC(F)F)cc1. The van der Waals surface area contributed by atoms with Crippen molar-refractivity contribution in [1.29, 1.82) is 0 Å². The molecule has 1 atom stereocenters. The number of hydrogen-bond acceptors (Lipinski definition) is 2. The van der Waals surface area contributed by atoms with Crippen LogP contribution in [0.1, 0.15) is 17.2 Å². The Bertz CT molecular complexity index is 557. The minimum Gasteiger partial charge on any atom is -0.435 e. The van der Waals surface area contributed by atoms with Crippen molar-refractivity contribution in [2.24, 2.45) is 5.73 Å². The van der Waals surface area contributed by atoms with Crippen LogP contribution in [0.25, 0.3) is 0 Å². The highest BCUT2D eigenvalue weighted by Gasteiger charge is 2.11. The van der Waals surface area contributed by atoms with Gasteiger partial charge in [-0.2, -0.15) is 8.78 Å². The van der Waals surface area contributed by atoms with Crippen LogP contribution in [0.5, 0.6) is 5.75 Å². The van der Waals surface area contributed by atoms with Gasteiger partial charge in [0, 0.05) is 6.04 Å². The highest BCUT2D eigenvalue weighted by Crippen LogP contribution is 2.21. The Kier molecular flexibility index (Phi) is 4.63. The smallest absolute Gasteiger partial charge is 0.387 e. The number of rotatable bonds is 5. The van der Waals surface area contributed by atoms with E-state index in [0.717, 1.165) is 5.56 Å². The molecule has 2 aromatic carbocycles. The summed E-state index contributed by atoms with van der Waals surface area (Å²) < 4.78 is 41.8. The lowest BCUT2D eigenvalue weighted by molar-refractivity contribution is -0.0498. The molecule has 0 spiro atoms. The van der Waals surface area contributed by atoms with E-state index in [4.69, 9.17) is 5.73 Å². The van der Waals surface area contributed by atoms with E-state index < -0.39 is 12.7 Å². The summed E-state index contributed by atoms with van der Waals surface area (Å²) in [6.07, 6.45) is 0.335. The van der Waals surface area contributed by atoms with Crippen molar-refractivity contribution < 1.29 is 17.9 Å². The van der Waals surface area contributed by atoms with Crippen LogP contribution in [0.15, 0.2) is 48.5 Å². The fourth-order valence-electron chi connectivity index (χ4n) is 1.92. The van der Waals surface area contributed by atoms with Gasteiger partial charge in [0.05, 0.1) is 0 Å². The molecule has 0 aliphatic heterocycles. The number of halogens is 3. The van der Waals surface area contributed by atoms with E-state index in [-0.39, 0.29) is 11.6 Å². The second-order valence-corrected chi connectivity index (χ2v) is 4.35. The molecule has 2 aromatic rings. The predicted molar refractivity (Wildman–Crippen MR) is 70.1 cm³/mol. The summed E-state index contributed by atoms with van der Waals surface area (Å²) in [5, 5.41) is 0. The molecule has 0 saturated heterocycles. The van der Waals surface area contributed by atoms with Crippen LogP contribution >= 0.6 is 0 Å². The molecule has 0 saturated carbocycles. The Balaban J connectivity index is 2.06. The molecule has 0 amide bonds. The largest absolute Gasteiger partial charge is 0.435 e. The van der Waals surface area contributed by atoms with Gasteiger partial charge in [-0.1, -0.05) is 30.3 Å². The molecule has 2 nitrogen and oxygen atoms in total. The summed E-state index contributed by atoms with van der Waals surface area (Å²) in [7, 11) is 0. The van der Waals surface area contributed by atoms with Crippen LogP contribution in [-0.2, 0) is 6.42 Å². The topological polar surface area (TPSA) is 35.2 Å². The van der Waals surface area contributed by atoms with Crippen LogP contribution in [0, 0.1) is 5.82 Å². The highest BCUT2D eigenvalue weighted by molar-refractivity contribution is 5.30. The first-order chi connectivity index (χ1) is 9.56. The summed E-state index contributed by atoms with van der Waals surface area (Å²) >= 11 is 0. The average molecular weight is 281 g/mol. The third kappa shape index (κ3) is 3.74. The number of nitrogens with two attached hydrogens (primary N) is 1. The Hall–Kier alpha value is -2.01. The van der Waals surface area contributed by atoms with Crippen LogP contribution in [0.2, 0.25) is 0 Å². The van der Waals surface area contributed by atoms with E-state index in [2.05, 4.69) is 4.74 Å².